The van der Waals surface area contributed by atoms with E-state index < -0.39 is 0 Å². The first-order valence-corrected chi connectivity index (χ1v) is 5.58. The van der Waals surface area contributed by atoms with Crippen LogP contribution in [0.2, 0.25) is 0 Å². The van der Waals surface area contributed by atoms with E-state index in [4.69, 9.17) is 4.74 Å². The number of rotatable bonds is 3. The van der Waals surface area contributed by atoms with Crippen LogP contribution in [0, 0.1) is 6.92 Å². The normalized spacial score (nSPS) is 10.0. The molecule has 0 fully saturated rings. The van der Waals surface area contributed by atoms with Gasteiger partial charge in [0.1, 0.15) is 4.88 Å². The topological polar surface area (TPSA) is 77.0 Å². The molecular formula is C10H10N4O2S. The Morgan fingerprint density at radius 2 is 2.29 bits per heavy atom. The number of carbonyl (C=O) groups is 1. The molecule has 88 valence electrons. The minimum absolute atomic E-state index is 0.232. The minimum atomic E-state index is -0.232. The van der Waals surface area contributed by atoms with E-state index in [-0.39, 0.29) is 5.91 Å². The predicted octanol–water partition coefficient (Wildman–Crippen LogP) is 1.50. The molecule has 0 aliphatic rings. The Hall–Kier alpha value is -2.02. The van der Waals surface area contributed by atoms with Gasteiger partial charge < -0.3 is 10.1 Å². The SMILES string of the molecule is COc1ccc(NC(=O)c2snnc2C)cn1. The second-order valence-electron chi connectivity index (χ2n) is 3.23. The lowest BCUT2D eigenvalue weighted by Crippen LogP contribution is -2.11. The zero-order valence-corrected chi connectivity index (χ0v) is 10.1. The van der Waals surface area contributed by atoms with Crippen molar-refractivity contribution < 1.29 is 9.53 Å². The zero-order chi connectivity index (χ0) is 12.3. The molecule has 0 spiro atoms. The Labute approximate surface area is 102 Å². The molecule has 2 heterocycles. The van der Waals surface area contributed by atoms with Crippen LogP contribution in [0.15, 0.2) is 18.3 Å². The maximum Gasteiger partial charge on any atom is 0.269 e. The van der Waals surface area contributed by atoms with Gasteiger partial charge in [-0.05, 0) is 24.5 Å². The summed E-state index contributed by atoms with van der Waals surface area (Å²) in [5, 5.41) is 6.49. The van der Waals surface area contributed by atoms with Crippen molar-refractivity contribution in [2.75, 3.05) is 12.4 Å². The molecule has 0 unspecified atom stereocenters. The van der Waals surface area contributed by atoms with Gasteiger partial charge >= 0.3 is 0 Å². The van der Waals surface area contributed by atoms with Crippen LogP contribution in [0.4, 0.5) is 5.69 Å². The molecule has 2 rings (SSSR count). The summed E-state index contributed by atoms with van der Waals surface area (Å²) in [7, 11) is 1.53. The summed E-state index contributed by atoms with van der Waals surface area (Å²) in [5.74, 6) is 0.267. The Bertz CT molecular complexity index is 523. The van der Waals surface area contributed by atoms with Crippen LogP contribution >= 0.6 is 11.5 Å². The van der Waals surface area contributed by atoms with Crippen molar-refractivity contribution in [1.29, 1.82) is 0 Å². The molecular weight excluding hydrogens is 240 g/mol. The maximum absolute atomic E-state index is 11.8. The van der Waals surface area contributed by atoms with E-state index in [2.05, 4.69) is 19.9 Å². The van der Waals surface area contributed by atoms with Crippen LogP contribution in [-0.2, 0) is 0 Å². The third-order valence-electron chi connectivity index (χ3n) is 2.06. The number of ether oxygens (including phenoxy) is 1. The van der Waals surface area contributed by atoms with Gasteiger partial charge in [-0.3, -0.25) is 4.79 Å². The van der Waals surface area contributed by atoms with Gasteiger partial charge in [0.05, 0.1) is 24.7 Å². The number of methoxy groups -OCH3 is 1. The first-order valence-electron chi connectivity index (χ1n) is 4.81. The smallest absolute Gasteiger partial charge is 0.269 e. The highest BCUT2D eigenvalue weighted by Gasteiger charge is 2.13. The number of aryl methyl sites for hydroxylation is 1. The quantitative estimate of drug-likeness (QED) is 0.893. The summed E-state index contributed by atoms with van der Waals surface area (Å²) in [6.45, 7) is 1.74. The molecule has 0 aliphatic carbocycles. The standard InChI is InChI=1S/C10H10N4O2S/c1-6-9(17-14-13-6)10(15)12-7-3-4-8(16-2)11-5-7/h3-5H,1-2H3,(H,12,15). The molecule has 0 aromatic carbocycles. The number of aromatic nitrogens is 3. The fraction of sp³-hybridized carbons (Fsp3) is 0.200. The first kappa shape index (κ1) is 11.5. The predicted molar refractivity (Wildman–Crippen MR) is 63.4 cm³/mol. The van der Waals surface area contributed by atoms with Gasteiger partial charge in [0.15, 0.2) is 0 Å². The van der Waals surface area contributed by atoms with Crippen molar-refractivity contribution in [3.63, 3.8) is 0 Å². The molecule has 0 bridgehead atoms. The van der Waals surface area contributed by atoms with E-state index in [1.54, 1.807) is 19.1 Å². The van der Waals surface area contributed by atoms with Crippen LogP contribution in [0.5, 0.6) is 5.88 Å². The van der Waals surface area contributed by atoms with E-state index in [9.17, 15) is 4.79 Å². The summed E-state index contributed by atoms with van der Waals surface area (Å²) < 4.78 is 8.63. The Morgan fingerprint density at radius 3 is 2.82 bits per heavy atom. The van der Waals surface area contributed by atoms with E-state index in [0.717, 1.165) is 11.5 Å². The third kappa shape index (κ3) is 2.56. The van der Waals surface area contributed by atoms with Crippen LogP contribution in [0.1, 0.15) is 15.4 Å². The average Bonchev–Trinajstić information content (AvgIpc) is 2.76. The zero-order valence-electron chi connectivity index (χ0n) is 9.30. The fourth-order valence-electron chi connectivity index (χ4n) is 1.20. The van der Waals surface area contributed by atoms with Gasteiger partial charge in [-0.1, -0.05) is 4.49 Å². The molecule has 0 saturated carbocycles. The lowest BCUT2D eigenvalue weighted by molar-refractivity contribution is 0.102. The number of nitrogens with zero attached hydrogens (tertiary/aromatic N) is 3. The van der Waals surface area contributed by atoms with Gasteiger partial charge in [0, 0.05) is 6.07 Å². The Kier molecular flexibility index (Phi) is 3.29. The summed E-state index contributed by atoms with van der Waals surface area (Å²) in [5.41, 5.74) is 1.22. The van der Waals surface area contributed by atoms with Crippen molar-refractivity contribution in [3.8, 4) is 5.88 Å². The molecule has 1 amide bonds. The van der Waals surface area contributed by atoms with Crippen molar-refractivity contribution in [1.82, 2.24) is 14.6 Å². The van der Waals surface area contributed by atoms with Crippen LogP contribution in [0.25, 0.3) is 0 Å². The Morgan fingerprint density at radius 1 is 1.47 bits per heavy atom. The van der Waals surface area contributed by atoms with Gasteiger partial charge in [-0.25, -0.2) is 4.98 Å². The molecule has 7 heteroatoms. The van der Waals surface area contributed by atoms with E-state index in [1.807, 2.05) is 0 Å². The summed E-state index contributed by atoms with van der Waals surface area (Å²) >= 11 is 1.07. The third-order valence-corrected chi connectivity index (χ3v) is 2.89. The van der Waals surface area contributed by atoms with Crippen molar-refractivity contribution >= 4 is 23.1 Å². The number of amides is 1. The molecule has 0 radical (unpaired) electrons. The van der Waals surface area contributed by atoms with E-state index in [0.29, 0.717) is 22.1 Å². The number of anilines is 1. The van der Waals surface area contributed by atoms with Crippen LogP contribution in [-0.4, -0.2) is 27.6 Å². The lowest BCUT2D eigenvalue weighted by Gasteiger charge is -2.03. The number of pyridine rings is 1. The molecule has 2 aromatic heterocycles. The highest BCUT2D eigenvalue weighted by atomic mass is 32.1. The van der Waals surface area contributed by atoms with Crippen LogP contribution < -0.4 is 10.1 Å². The van der Waals surface area contributed by atoms with Gasteiger partial charge in [-0.2, -0.15) is 0 Å². The summed E-state index contributed by atoms with van der Waals surface area (Å²) in [6, 6.07) is 3.39. The largest absolute Gasteiger partial charge is 0.481 e. The first-order chi connectivity index (χ1) is 8.20. The van der Waals surface area contributed by atoms with Crippen molar-refractivity contribution in [2.45, 2.75) is 6.92 Å². The fourth-order valence-corrected chi connectivity index (χ4v) is 1.75. The molecule has 2 aromatic rings. The van der Waals surface area contributed by atoms with Gasteiger partial charge in [0.25, 0.3) is 5.91 Å². The minimum Gasteiger partial charge on any atom is -0.481 e. The van der Waals surface area contributed by atoms with Crippen molar-refractivity contribution in [2.24, 2.45) is 0 Å². The molecule has 0 aliphatic heterocycles. The summed E-state index contributed by atoms with van der Waals surface area (Å²) in [4.78, 5) is 16.3. The summed E-state index contributed by atoms with van der Waals surface area (Å²) in [6.07, 6.45) is 1.53. The number of hydrogen-bond acceptors (Lipinski definition) is 6. The Balaban J connectivity index is 2.10. The van der Waals surface area contributed by atoms with Crippen LogP contribution in [0.3, 0.4) is 0 Å². The molecule has 0 saturated heterocycles. The highest BCUT2D eigenvalue weighted by molar-refractivity contribution is 7.08. The average molecular weight is 250 g/mol. The van der Waals surface area contributed by atoms with Crippen molar-refractivity contribution in [3.05, 3.63) is 28.9 Å². The number of hydrogen-bond donors (Lipinski definition) is 1. The van der Waals surface area contributed by atoms with Gasteiger partial charge in [0.2, 0.25) is 5.88 Å². The van der Waals surface area contributed by atoms with Gasteiger partial charge in [-0.15, -0.1) is 5.10 Å². The second kappa shape index (κ2) is 4.88. The molecule has 1 N–H and O–H groups in total. The van der Waals surface area contributed by atoms with E-state index >= 15 is 0 Å². The second-order valence-corrected chi connectivity index (χ2v) is 3.98. The molecule has 0 atom stereocenters. The molecule has 6 nitrogen and oxygen atoms in total. The number of carbonyl (C=O) groups excluding carboxylic acids is 1. The lowest BCUT2D eigenvalue weighted by atomic mass is 10.3. The monoisotopic (exact) mass is 250 g/mol. The number of nitrogens with one attached hydrogen (secondary N) is 1. The molecule has 17 heavy (non-hydrogen) atoms. The van der Waals surface area contributed by atoms with E-state index in [1.165, 1.54) is 13.3 Å². The maximum atomic E-state index is 11.8. The highest BCUT2D eigenvalue weighted by Crippen LogP contribution is 2.14.